The van der Waals surface area contributed by atoms with Crippen molar-refractivity contribution in [3.8, 4) is 0 Å². The van der Waals surface area contributed by atoms with Gasteiger partial charge in [0.05, 0.1) is 0 Å². The smallest absolute Gasteiger partial charge is 0.0132 e. The minimum absolute atomic E-state index is 0.216. The Morgan fingerprint density at radius 1 is 1.00 bits per heavy atom. The molecule has 114 valence electrons. The van der Waals surface area contributed by atoms with Crippen LogP contribution in [0.1, 0.15) is 74.1 Å². The monoisotopic (exact) mass is 274 g/mol. The van der Waals surface area contributed by atoms with Crippen LogP contribution >= 0.6 is 0 Å². The van der Waals surface area contributed by atoms with Crippen LogP contribution in [-0.4, -0.2) is 0 Å². The van der Waals surface area contributed by atoms with Gasteiger partial charge in [0.15, 0.2) is 0 Å². The summed E-state index contributed by atoms with van der Waals surface area (Å²) >= 11 is 0. The second kappa shape index (κ2) is 9.80. The molecular formula is C20H34. The van der Waals surface area contributed by atoms with Crippen molar-refractivity contribution in [3.05, 3.63) is 47.1 Å². The summed E-state index contributed by atoms with van der Waals surface area (Å²) in [4.78, 5) is 0. The van der Waals surface area contributed by atoms with Gasteiger partial charge in [-0.2, -0.15) is 0 Å². The second-order valence-electron chi connectivity index (χ2n) is 6.61. The van der Waals surface area contributed by atoms with Crippen molar-refractivity contribution in [2.75, 3.05) is 0 Å². The van der Waals surface area contributed by atoms with Crippen LogP contribution in [0.25, 0.3) is 0 Å². The second-order valence-corrected chi connectivity index (χ2v) is 6.61. The minimum Gasteiger partial charge on any atom is -0.0845 e. The number of rotatable bonds is 7. The Labute approximate surface area is 127 Å². The molecule has 0 rings (SSSR count). The quantitative estimate of drug-likeness (QED) is 0.346. The van der Waals surface area contributed by atoms with E-state index in [-0.39, 0.29) is 5.41 Å². The Morgan fingerprint density at radius 3 is 2.15 bits per heavy atom. The molecule has 0 radical (unpaired) electrons. The predicted octanol–water partition coefficient (Wildman–Crippen LogP) is 7.01. The van der Waals surface area contributed by atoms with Gasteiger partial charge in [-0.05, 0) is 37.7 Å². The van der Waals surface area contributed by atoms with Crippen LogP contribution in [0.3, 0.4) is 0 Å². The lowest BCUT2D eigenvalue weighted by Crippen LogP contribution is -2.09. The third-order valence-corrected chi connectivity index (χ3v) is 3.53. The molecule has 0 saturated carbocycles. The highest BCUT2D eigenvalue weighted by atomic mass is 14.2. The summed E-state index contributed by atoms with van der Waals surface area (Å²) in [6.45, 7) is 15.7. The molecule has 0 atom stereocenters. The van der Waals surface area contributed by atoms with Gasteiger partial charge in [-0.15, -0.1) is 0 Å². The van der Waals surface area contributed by atoms with Crippen molar-refractivity contribution in [2.45, 2.75) is 74.1 Å². The maximum absolute atomic E-state index is 2.30. The third-order valence-electron chi connectivity index (χ3n) is 3.53. The number of allylic oxidation sites excluding steroid dienone is 8. The molecule has 0 aromatic rings. The first-order valence-corrected chi connectivity index (χ1v) is 8.04. The molecule has 0 nitrogen and oxygen atoms in total. The van der Waals surface area contributed by atoms with Crippen molar-refractivity contribution >= 4 is 0 Å². The Kier molecular flexibility index (Phi) is 9.29. The van der Waals surface area contributed by atoms with Gasteiger partial charge in [0.1, 0.15) is 0 Å². The van der Waals surface area contributed by atoms with Gasteiger partial charge < -0.3 is 0 Å². The van der Waals surface area contributed by atoms with Crippen molar-refractivity contribution in [1.82, 2.24) is 0 Å². The van der Waals surface area contributed by atoms with Gasteiger partial charge in [-0.1, -0.05) is 89.0 Å². The lowest BCUT2D eigenvalue weighted by molar-refractivity contribution is 0.510. The van der Waals surface area contributed by atoms with E-state index in [1.165, 1.54) is 36.0 Å². The molecule has 0 aliphatic carbocycles. The summed E-state index contributed by atoms with van der Waals surface area (Å²) in [5.74, 6) is 0. The Hall–Kier alpha value is -1.04. The van der Waals surface area contributed by atoms with Crippen LogP contribution in [0.15, 0.2) is 47.1 Å². The van der Waals surface area contributed by atoms with Crippen molar-refractivity contribution in [1.29, 1.82) is 0 Å². The molecule has 0 amide bonds. The average Bonchev–Trinajstić information content (AvgIpc) is 2.36. The van der Waals surface area contributed by atoms with Crippen molar-refractivity contribution in [2.24, 2.45) is 5.41 Å². The largest absolute Gasteiger partial charge is 0.0845 e. The zero-order valence-corrected chi connectivity index (χ0v) is 14.7. The zero-order valence-electron chi connectivity index (χ0n) is 14.7. The number of hydrogen-bond acceptors (Lipinski definition) is 0. The van der Waals surface area contributed by atoms with E-state index >= 15 is 0 Å². The van der Waals surface area contributed by atoms with E-state index in [1.807, 2.05) is 0 Å². The van der Waals surface area contributed by atoms with Crippen molar-refractivity contribution in [3.63, 3.8) is 0 Å². The predicted molar refractivity (Wildman–Crippen MR) is 94.0 cm³/mol. The van der Waals surface area contributed by atoms with Gasteiger partial charge >= 0.3 is 0 Å². The Morgan fingerprint density at radius 2 is 1.65 bits per heavy atom. The van der Waals surface area contributed by atoms with Crippen molar-refractivity contribution < 1.29 is 0 Å². The fraction of sp³-hybridized carbons (Fsp3) is 0.600. The highest BCUT2D eigenvalue weighted by molar-refractivity contribution is 5.34. The summed E-state index contributed by atoms with van der Waals surface area (Å²) in [6, 6.07) is 0. The molecule has 0 aliphatic rings. The van der Waals surface area contributed by atoms with E-state index in [0.29, 0.717) is 0 Å². The summed E-state index contributed by atoms with van der Waals surface area (Å²) in [5.41, 5.74) is 4.47. The van der Waals surface area contributed by atoms with E-state index in [4.69, 9.17) is 0 Å². The molecule has 0 fully saturated rings. The van der Waals surface area contributed by atoms with Gasteiger partial charge in [-0.25, -0.2) is 0 Å². The first-order chi connectivity index (χ1) is 9.32. The summed E-state index contributed by atoms with van der Waals surface area (Å²) < 4.78 is 0. The lowest BCUT2D eigenvalue weighted by atomic mass is 9.82. The molecule has 0 aromatic carbocycles. The van der Waals surface area contributed by atoms with Crippen LogP contribution in [0.2, 0.25) is 0 Å². The van der Waals surface area contributed by atoms with Gasteiger partial charge in [-0.3, -0.25) is 0 Å². The van der Waals surface area contributed by atoms with Crippen LogP contribution in [0.5, 0.6) is 0 Å². The van der Waals surface area contributed by atoms with Gasteiger partial charge in [0, 0.05) is 0 Å². The Balaban J connectivity index is 4.81. The molecule has 0 aromatic heterocycles. The van der Waals surface area contributed by atoms with E-state index < -0.39 is 0 Å². The minimum atomic E-state index is 0.216. The highest BCUT2D eigenvalue weighted by Crippen LogP contribution is 2.30. The maximum atomic E-state index is 2.30. The summed E-state index contributed by atoms with van der Waals surface area (Å²) in [7, 11) is 0. The highest BCUT2D eigenvalue weighted by Gasteiger charge is 2.16. The standard InChI is InChI=1S/C20H34/c1-8-10-11-12-13-14-17(3)15-16-19(18(4)9-2)20(5,6)7/h12-16H,8-11H2,1-7H3/b13-12+,16-15+,17-14+,19-18-. The summed E-state index contributed by atoms with van der Waals surface area (Å²) in [5, 5.41) is 0. The average molecular weight is 274 g/mol. The van der Waals surface area contributed by atoms with Crippen LogP contribution < -0.4 is 0 Å². The fourth-order valence-electron chi connectivity index (χ4n) is 2.13. The van der Waals surface area contributed by atoms with E-state index in [1.54, 1.807) is 0 Å². The van der Waals surface area contributed by atoms with Crippen LogP contribution in [0, 0.1) is 5.41 Å². The van der Waals surface area contributed by atoms with Gasteiger partial charge in [0.2, 0.25) is 0 Å². The molecule has 0 heteroatoms. The van der Waals surface area contributed by atoms with E-state index in [9.17, 15) is 0 Å². The molecule has 0 N–H and O–H groups in total. The molecule has 0 spiro atoms. The molecule has 0 unspecified atom stereocenters. The van der Waals surface area contributed by atoms with Crippen LogP contribution in [-0.2, 0) is 0 Å². The van der Waals surface area contributed by atoms with Gasteiger partial charge in [0.25, 0.3) is 0 Å². The topological polar surface area (TPSA) is 0 Å². The van der Waals surface area contributed by atoms with E-state index in [2.05, 4.69) is 78.8 Å². The fourth-order valence-corrected chi connectivity index (χ4v) is 2.13. The third kappa shape index (κ3) is 8.19. The normalized spacial score (nSPS) is 15.2. The Bertz CT molecular complexity index is 381. The SMILES string of the molecule is CCCC/C=C/C=C(C)/C=C/C(=C(\C)CC)C(C)(C)C. The first kappa shape index (κ1) is 19.0. The first-order valence-electron chi connectivity index (χ1n) is 8.04. The molecule has 0 saturated heterocycles. The lowest BCUT2D eigenvalue weighted by Gasteiger charge is -2.23. The van der Waals surface area contributed by atoms with Crippen LogP contribution in [0.4, 0.5) is 0 Å². The summed E-state index contributed by atoms with van der Waals surface area (Å²) in [6.07, 6.45) is 16.0. The number of unbranched alkanes of at least 4 members (excludes halogenated alkanes) is 2. The molecule has 0 bridgehead atoms. The molecule has 0 heterocycles. The molecular weight excluding hydrogens is 240 g/mol. The zero-order chi connectivity index (χ0) is 15.6. The molecule has 0 aliphatic heterocycles. The van der Waals surface area contributed by atoms with E-state index in [0.717, 1.165) is 6.42 Å². The maximum Gasteiger partial charge on any atom is -0.0132 e. The number of hydrogen-bond donors (Lipinski definition) is 0. The molecule has 20 heavy (non-hydrogen) atoms.